The summed E-state index contributed by atoms with van der Waals surface area (Å²) in [6, 6.07) is 0. The van der Waals surface area contributed by atoms with E-state index in [1.54, 1.807) is 0 Å². The molecule has 0 saturated carbocycles. The molecule has 0 aliphatic rings. The maximum absolute atomic E-state index is 12.4. The summed E-state index contributed by atoms with van der Waals surface area (Å²) in [7, 11) is 0. The van der Waals surface area contributed by atoms with Crippen molar-refractivity contribution in [1.29, 1.82) is 0 Å². The first kappa shape index (κ1) is 17.5. The van der Waals surface area contributed by atoms with Crippen LogP contribution in [0.5, 0.6) is 0 Å². The molecule has 0 fully saturated rings. The molecule has 0 aliphatic heterocycles. The van der Waals surface area contributed by atoms with Crippen LogP contribution in [0.2, 0.25) is 0 Å². The molecule has 0 aromatic carbocycles. The lowest BCUT2D eigenvalue weighted by Crippen LogP contribution is -2.37. The van der Waals surface area contributed by atoms with Gasteiger partial charge < -0.3 is 4.90 Å². The second-order valence-corrected chi connectivity index (χ2v) is 5.13. The van der Waals surface area contributed by atoms with Crippen LogP contribution in [0.3, 0.4) is 0 Å². The zero-order valence-electron chi connectivity index (χ0n) is 12.7. The van der Waals surface area contributed by atoms with Gasteiger partial charge in [0, 0.05) is 19.0 Å². The minimum atomic E-state index is 0.133. The molecule has 0 bridgehead atoms. The fraction of sp³-hybridized carbons (Fsp3) is 0.875. The molecule has 0 heterocycles. The van der Waals surface area contributed by atoms with Gasteiger partial charge >= 0.3 is 0 Å². The van der Waals surface area contributed by atoms with E-state index in [1.807, 2.05) is 0 Å². The monoisotopic (exact) mass is 254 g/mol. The highest BCUT2D eigenvalue weighted by molar-refractivity contribution is 5.78. The molecule has 18 heavy (non-hydrogen) atoms. The van der Waals surface area contributed by atoms with Crippen molar-refractivity contribution in [1.82, 2.24) is 4.90 Å². The Labute approximate surface area is 114 Å². The lowest BCUT2D eigenvalue weighted by atomic mass is 10.0. The van der Waals surface area contributed by atoms with Crippen LogP contribution in [0, 0.1) is 12.8 Å². The van der Waals surface area contributed by atoms with Gasteiger partial charge in [-0.25, -0.2) is 0 Å². The number of unbranched alkanes of at least 4 members (excludes halogenated alkanes) is 4. The van der Waals surface area contributed by atoms with E-state index in [1.165, 1.54) is 25.7 Å². The minimum Gasteiger partial charge on any atom is -0.342 e. The maximum atomic E-state index is 12.4. The average molecular weight is 254 g/mol. The van der Waals surface area contributed by atoms with E-state index < -0.39 is 0 Å². The van der Waals surface area contributed by atoms with Gasteiger partial charge in [0.1, 0.15) is 0 Å². The molecule has 1 radical (unpaired) electrons. The number of nitrogens with zero attached hydrogens (tertiary/aromatic N) is 1. The van der Waals surface area contributed by atoms with Crippen LogP contribution >= 0.6 is 0 Å². The summed E-state index contributed by atoms with van der Waals surface area (Å²) in [5, 5.41) is 0. The Hall–Kier alpha value is -0.530. The van der Waals surface area contributed by atoms with E-state index in [2.05, 4.69) is 32.6 Å². The Morgan fingerprint density at radius 1 is 1.00 bits per heavy atom. The predicted molar refractivity (Wildman–Crippen MR) is 79.4 cm³/mol. The zero-order valence-corrected chi connectivity index (χ0v) is 12.7. The second kappa shape index (κ2) is 11.6. The number of amides is 1. The first-order chi connectivity index (χ1) is 8.71. The Morgan fingerprint density at radius 3 is 1.83 bits per heavy atom. The van der Waals surface area contributed by atoms with Crippen molar-refractivity contribution < 1.29 is 4.79 Å². The summed E-state index contributed by atoms with van der Waals surface area (Å²) in [4.78, 5) is 14.5. The molecule has 0 aromatic rings. The van der Waals surface area contributed by atoms with E-state index in [0.29, 0.717) is 5.91 Å². The van der Waals surface area contributed by atoms with Crippen molar-refractivity contribution in [3.63, 3.8) is 0 Å². The third-order valence-electron chi connectivity index (χ3n) is 3.57. The summed E-state index contributed by atoms with van der Waals surface area (Å²) in [5.41, 5.74) is 0. The number of carbonyl (C=O) groups excluding carboxylic acids is 1. The topological polar surface area (TPSA) is 20.3 Å². The maximum Gasteiger partial charge on any atom is 0.225 e. The Bertz CT molecular complexity index is 189. The highest BCUT2D eigenvalue weighted by Gasteiger charge is 2.20. The molecule has 0 spiro atoms. The molecule has 1 atom stereocenters. The lowest BCUT2D eigenvalue weighted by molar-refractivity contribution is -0.135. The molecule has 107 valence electrons. The first-order valence-electron chi connectivity index (χ1n) is 7.79. The van der Waals surface area contributed by atoms with Crippen molar-refractivity contribution >= 4 is 5.91 Å². The molecular formula is C16H32NO. The molecule has 2 nitrogen and oxygen atoms in total. The third kappa shape index (κ3) is 7.03. The Balaban J connectivity index is 4.27. The van der Waals surface area contributed by atoms with Gasteiger partial charge in [-0.05, 0) is 25.7 Å². The standard InChI is InChI=1S/C16H32NO/c1-5-9-11-13-17(14-12-10-6-2)16(18)15(7-3)8-4/h15H,3,5-14H2,1-2,4H3. The molecule has 0 saturated heterocycles. The largest absolute Gasteiger partial charge is 0.342 e. The van der Waals surface area contributed by atoms with E-state index in [9.17, 15) is 4.79 Å². The van der Waals surface area contributed by atoms with Gasteiger partial charge in [0.2, 0.25) is 5.91 Å². The molecule has 1 unspecified atom stereocenters. The number of hydrogen-bond acceptors (Lipinski definition) is 1. The first-order valence-corrected chi connectivity index (χ1v) is 7.79. The van der Waals surface area contributed by atoms with Crippen molar-refractivity contribution in [2.45, 2.75) is 72.1 Å². The van der Waals surface area contributed by atoms with Crippen LogP contribution in [0.1, 0.15) is 72.1 Å². The van der Waals surface area contributed by atoms with Crippen molar-refractivity contribution in [2.75, 3.05) is 13.1 Å². The van der Waals surface area contributed by atoms with E-state index in [-0.39, 0.29) is 5.92 Å². The Kier molecular flexibility index (Phi) is 11.2. The van der Waals surface area contributed by atoms with Gasteiger partial charge in [0.15, 0.2) is 0 Å². The van der Waals surface area contributed by atoms with E-state index in [4.69, 9.17) is 0 Å². The fourth-order valence-electron chi connectivity index (χ4n) is 2.20. The number of hydrogen-bond donors (Lipinski definition) is 0. The van der Waals surface area contributed by atoms with Crippen molar-refractivity contribution in [2.24, 2.45) is 5.92 Å². The second-order valence-electron chi connectivity index (χ2n) is 5.13. The summed E-state index contributed by atoms with van der Waals surface area (Å²) in [5.74, 6) is 0.466. The molecule has 0 aliphatic carbocycles. The van der Waals surface area contributed by atoms with Gasteiger partial charge in [0.25, 0.3) is 0 Å². The summed E-state index contributed by atoms with van der Waals surface area (Å²) >= 11 is 0. The fourth-order valence-corrected chi connectivity index (χ4v) is 2.20. The molecule has 2 heteroatoms. The summed E-state index contributed by atoms with van der Waals surface area (Å²) in [6.07, 6.45) is 8.79. The van der Waals surface area contributed by atoms with Gasteiger partial charge in [-0.15, -0.1) is 0 Å². The minimum absolute atomic E-state index is 0.133. The van der Waals surface area contributed by atoms with Crippen LogP contribution in [0.4, 0.5) is 0 Å². The third-order valence-corrected chi connectivity index (χ3v) is 3.57. The highest BCUT2D eigenvalue weighted by Crippen LogP contribution is 2.14. The SMILES string of the molecule is [CH2]CC(CC)C(=O)N(CCCCC)CCCCC. The van der Waals surface area contributed by atoms with Crippen molar-refractivity contribution in [3.05, 3.63) is 6.92 Å². The summed E-state index contributed by atoms with van der Waals surface area (Å²) < 4.78 is 0. The normalized spacial score (nSPS) is 10.9. The molecule has 0 aromatic heterocycles. The molecular weight excluding hydrogens is 222 g/mol. The van der Waals surface area contributed by atoms with Gasteiger partial charge in [-0.3, -0.25) is 4.79 Å². The van der Waals surface area contributed by atoms with Crippen LogP contribution < -0.4 is 0 Å². The lowest BCUT2D eigenvalue weighted by Gasteiger charge is -2.26. The number of rotatable bonds is 11. The van der Waals surface area contributed by atoms with Crippen LogP contribution in [0.15, 0.2) is 0 Å². The zero-order chi connectivity index (χ0) is 13.8. The van der Waals surface area contributed by atoms with Crippen molar-refractivity contribution in [3.8, 4) is 0 Å². The van der Waals surface area contributed by atoms with Gasteiger partial charge in [-0.2, -0.15) is 0 Å². The molecule has 0 N–H and O–H groups in total. The average Bonchev–Trinajstić information content (AvgIpc) is 2.38. The van der Waals surface area contributed by atoms with E-state index in [0.717, 1.165) is 38.8 Å². The smallest absolute Gasteiger partial charge is 0.225 e. The van der Waals surface area contributed by atoms with Crippen LogP contribution in [-0.2, 0) is 4.79 Å². The molecule has 1 amide bonds. The molecule has 0 rings (SSSR count). The number of carbonyl (C=O) groups is 1. The van der Waals surface area contributed by atoms with E-state index >= 15 is 0 Å². The van der Waals surface area contributed by atoms with Gasteiger partial charge in [0.05, 0.1) is 0 Å². The highest BCUT2D eigenvalue weighted by atomic mass is 16.2. The van der Waals surface area contributed by atoms with Gasteiger partial charge in [-0.1, -0.05) is 53.4 Å². The van der Waals surface area contributed by atoms with Crippen LogP contribution in [0.25, 0.3) is 0 Å². The quantitative estimate of drug-likeness (QED) is 0.499. The Morgan fingerprint density at radius 2 is 1.50 bits per heavy atom. The van der Waals surface area contributed by atoms with Crippen LogP contribution in [-0.4, -0.2) is 23.9 Å². The predicted octanol–water partition coefficient (Wildman–Crippen LogP) is 4.45. The summed E-state index contributed by atoms with van der Waals surface area (Å²) in [6.45, 7) is 12.3.